The predicted octanol–water partition coefficient (Wildman–Crippen LogP) is 6.50. The van der Waals surface area contributed by atoms with Crippen LogP contribution in [-0.4, -0.2) is 33.2 Å². The van der Waals surface area contributed by atoms with E-state index in [4.69, 9.17) is 0 Å². The Kier molecular flexibility index (Phi) is 9.46. The lowest BCUT2D eigenvalue weighted by atomic mass is 9.82. The number of hydrogen-bond acceptors (Lipinski definition) is 4. The number of aliphatic hydroxyl groups is 2. The van der Waals surface area contributed by atoms with Crippen LogP contribution in [0, 0.1) is 0 Å². The summed E-state index contributed by atoms with van der Waals surface area (Å²) in [4.78, 5) is 26.9. The van der Waals surface area contributed by atoms with Crippen molar-refractivity contribution in [2.75, 3.05) is 0 Å². The van der Waals surface area contributed by atoms with E-state index in [1.807, 2.05) is 113 Å². The smallest absolute Gasteiger partial charge is 0.230 e. The molecule has 0 aliphatic heterocycles. The van der Waals surface area contributed by atoms with Crippen LogP contribution in [0.4, 0.5) is 0 Å². The van der Waals surface area contributed by atoms with Gasteiger partial charge in [0.1, 0.15) is 6.42 Å². The Bertz CT molecular complexity index is 1380. The molecule has 41 heavy (non-hydrogen) atoms. The van der Waals surface area contributed by atoms with Crippen molar-refractivity contribution >= 4 is 33.4 Å². The van der Waals surface area contributed by atoms with Crippen LogP contribution in [-0.2, 0) is 9.59 Å². The summed E-state index contributed by atoms with van der Waals surface area (Å²) in [6, 6.07) is 26.0. The lowest BCUT2D eigenvalue weighted by Crippen LogP contribution is -2.48. The average Bonchev–Trinajstić information content (AvgIpc) is 3.01. The van der Waals surface area contributed by atoms with E-state index in [-0.39, 0.29) is 0 Å². The lowest BCUT2D eigenvalue weighted by molar-refractivity contribution is -0.133. The quantitative estimate of drug-likeness (QED) is 0.150. The molecule has 4 rings (SSSR count). The second-order valence-corrected chi connectivity index (χ2v) is 10.9. The van der Waals surface area contributed by atoms with Crippen LogP contribution in [0.2, 0.25) is 0 Å². The largest absolute Gasteiger partial charge is 0.387 e. The first-order chi connectivity index (χ1) is 19.7. The monoisotopic (exact) mass is 554 g/mol. The van der Waals surface area contributed by atoms with Crippen molar-refractivity contribution in [2.24, 2.45) is 0 Å². The molecule has 0 fully saturated rings. The Hall–Kier alpha value is -3.74. The van der Waals surface area contributed by atoms with Gasteiger partial charge >= 0.3 is 0 Å². The highest BCUT2D eigenvalue weighted by Gasteiger charge is 2.39. The maximum atomic E-state index is 13.4. The van der Waals surface area contributed by atoms with E-state index in [2.05, 4.69) is 10.6 Å². The van der Waals surface area contributed by atoms with Crippen molar-refractivity contribution in [1.82, 2.24) is 10.6 Å². The van der Waals surface area contributed by atoms with Gasteiger partial charge in [0.15, 0.2) is 0 Å². The van der Waals surface area contributed by atoms with Gasteiger partial charge in [0.05, 0.1) is 23.3 Å². The Labute approximate surface area is 242 Å². The van der Waals surface area contributed by atoms with E-state index in [1.54, 1.807) is 0 Å². The fourth-order valence-corrected chi connectivity index (χ4v) is 5.89. The molecule has 216 valence electrons. The van der Waals surface area contributed by atoms with E-state index in [1.165, 1.54) is 0 Å². The molecule has 4 N–H and O–H groups in total. The number of hydrogen-bond donors (Lipinski definition) is 4. The Morgan fingerprint density at radius 3 is 1.29 bits per heavy atom. The van der Waals surface area contributed by atoms with Crippen molar-refractivity contribution < 1.29 is 19.8 Å². The molecule has 0 radical (unpaired) electrons. The molecule has 2 amide bonds. The van der Waals surface area contributed by atoms with E-state index < -0.39 is 41.5 Å². The maximum Gasteiger partial charge on any atom is 0.230 e. The molecule has 2 atom stereocenters. The van der Waals surface area contributed by atoms with Gasteiger partial charge in [-0.15, -0.1) is 0 Å². The van der Waals surface area contributed by atoms with Crippen LogP contribution in [0.1, 0.15) is 83.0 Å². The molecule has 4 aromatic carbocycles. The molecule has 0 saturated carbocycles. The Morgan fingerprint density at radius 2 is 0.927 bits per heavy atom. The molecule has 0 saturated heterocycles. The van der Waals surface area contributed by atoms with Crippen molar-refractivity contribution in [1.29, 1.82) is 0 Å². The van der Waals surface area contributed by atoms with Gasteiger partial charge in [-0.1, -0.05) is 113 Å². The number of carbonyl (C=O) groups is 2. The van der Waals surface area contributed by atoms with Crippen LogP contribution < -0.4 is 10.6 Å². The molecular weight excluding hydrogens is 512 g/mol. The van der Waals surface area contributed by atoms with Crippen molar-refractivity contribution in [3.8, 4) is 0 Å². The first kappa shape index (κ1) is 30.2. The third kappa shape index (κ3) is 6.29. The van der Waals surface area contributed by atoms with Crippen LogP contribution >= 0.6 is 0 Å². The summed E-state index contributed by atoms with van der Waals surface area (Å²) in [6.07, 6.45) is 1.26. The van der Waals surface area contributed by atoms with Gasteiger partial charge in [0.25, 0.3) is 0 Å². The molecule has 6 heteroatoms. The van der Waals surface area contributed by atoms with Crippen molar-refractivity contribution in [3.63, 3.8) is 0 Å². The first-order valence-corrected chi connectivity index (χ1v) is 14.7. The Morgan fingerprint density at radius 1 is 0.585 bits per heavy atom. The highest BCUT2D eigenvalue weighted by molar-refractivity contribution is 5.98. The van der Waals surface area contributed by atoms with Gasteiger partial charge in [-0.25, -0.2) is 0 Å². The average molecular weight is 555 g/mol. The van der Waals surface area contributed by atoms with E-state index in [9.17, 15) is 19.8 Å². The standard InChI is InChI=1S/C35H42N2O4/c1-5-34(40,6-2)32(28-21-13-17-24-15-9-11-19-26(24)28)36-30(38)23-31(39)37-33(35(41,7-3)8-4)29-22-14-18-25-16-10-12-20-27(25)29/h9-22,32-33,40-41H,5-8,23H2,1-4H3,(H,36,38)(H,37,39)/t32-,33-/m0/s1. The second-order valence-electron chi connectivity index (χ2n) is 10.9. The first-order valence-electron chi connectivity index (χ1n) is 14.7. The molecular formula is C35H42N2O4. The molecule has 0 aliphatic rings. The van der Waals surface area contributed by atoms with Crippen LogP contribution in [0.3, 0.4) is 0 Å². The number of carbonyl (C=O) groups excluding carboxylic acids is 2. The third-order valence-corrected chi connectivity index (χ3v) is 8.72. The fraction of sp³-hybridized carbons (Fsp3) is 0.371. The summed E-state index contributed by atoms with van der Waals surface area (Å²) < 4.78 is 0. The fourth-order valence-electron chi connectivity index (χ4n) is 5.89. The summed E-state index contributed by atoms with van der Waals surface area (Å²) in [5, 5.41) is 33.1. The SMILES string of the molecule is CCC(O)(CC)[C@@H](NC(=O)CC(=O)N[C@@H](c1cccc2ccccc12)C(O)(CC)CC)c1cccc2ccccc12. The number of fused-ring (bicyclic) bond motifs is 2. The lowest BCUT2D eigenvalue weighted by Gasteiger charge is -2.37. The van der Waals surface area contributed by atoms with Gasteiger partial charge in [-0.2, -0.15) is 0 Å². The highest BCUT2D eigenvalue weighted by atomic mass is 16.3. The molecule has 0 spiro atoms. The molecule has 0 unspecified atom stereocenters. The molecule has 0 heterocycles. The zero-order chi connectivity index (χ0) is 29.6. The van der Waals surface area contributed by atoms with Crippen LogP contribution in [0.5, 0.6) is 0 Å². The minimum absolute atomic E-state index is 0.424. The number of benzene rings is 4. The zero-order valence-electron chi connectivity index (χ0n) is 24.5. The van der Waals surface area contributed by atoms with E-state index >= 15 is 0 Å². The van der Waals surface area contributed by atoms with Crippen LogP contribution in [0.25, 0.3) is 21.5 Å². The third-order valence-electron chi connectivity index (χ3n) is 8.72. The summed E-state index contributed by atoms with van der Waals surface area (Å²) in [5.74, 6) is -0.983. The summed E-state index contributed by atoms with van der Waals surface area (Å²) in [5.41, 5.74) is -0.787. The number of rotatable bonds is 12. The maximum absolute atomic E-state index is 13.4. The molecule has 4 aromatic rings. The number of amides is 2. The van der Waals surface area contributed by atoms with E-state index in [0.29, 0.717) is 25.7 Å². The molecule has 0 bridgehead atoms. The normalized spacial score (nSPS) is 13.6. The zero-order valence-corrected chi connectivity index (χ0v) is 24.5. The molecule has 0 aromatic heterocycles. The van der Waals surface area contributed by atoms with Crippen molar-refractivity contribution in [2.45, 2.75) is 83.1 Å². The summed E-state index contributed by atoms with van der Waals surface area (Å²) in [7, 11) is 0. The van der Waals surface area contributed by atoms with Gasteiger partial charge in [-0.05, 0) is 58.4 Å². The molecule has 0 aliphatic carbocycles. The molecule has 6 nitrogen and oxygen atoms in total. The summed E-state index contributed by atoms with van der Waals surface area (Å²) >= 11 is 0. The summed E-state index contributed by atoms with van der Waals surface area (Å²) in [6.45, 7) is 7.58. The van der Waals surface area contributed by atoms with Gasteiger partial charge in [0, 0.05) is 0 Å². The van der Waals surface area contributed by atoms with Crippen molar-refractivity contribution in [3.05, 3.63) is 96.1 Å². The number of nitrogens with one attached hydrogen (secondary N) is 2. The van der Waals surface area contributed by atoms with Crippen LogP contribution in [0.15, 0.2) is 84.9 Å². The second kappa shape index (κ2) is 12.8. The highest BCUT2D eigenvalue weighted by Crippen LogP contribution is 2.37. The predicted molar refractivity (Wildman–Crippen MR) is 165 cm³/mol. The van der Waals surface area contributed by atoms with Gasteiger partial charge < -0.3 is 20.8 Å². The Balaban J connectivity index is 1.62. The van der Waals surface area contributed by atoms with E-state index in [0.717, 1.165) is 32.7 Å². The minimum Gasteiger partial charge on any atom is -0.387 e. The van der Waals surface area contributed by atoms with Gasteiger partial charge in [-0.3, -0.25) is 9.59 Å². The minimum atomic E-state index is -1.20. The van der Waals surface area contributed by atoms with Gasteiger partial charge in [0.2, 0.25) is 11.8 Å². The topological polar surface area (TPSA) is 98.7 Å².